The third-order valence-corrected chi connectivity index (χ3v) is 5.66. The Hall–Kier alpha value is -2.95. The molecule has 3 aromatic rings. The van der Waals surface area contributed by atoms with Gasteiger partial charge in [-0.15, -0.1) is 0 Å². The first-order valence-electron chi connectivity index (χ1n) is 10.0. The molecule has 148 valence electrons. The summed E-state index contributed by atoms with van der Waals surface area (Å²) in [6.07, 6.45) is -0.719. The van der Waals surface area contributed by atoms with Crippen molar-refractivity contribution in [3.8, 4) is 0 Å². The van der Waals surface area contributed by atoms with Crippen LogP contribution in [0.4, 0.5) is 5.69 Å². The molecule has 1 amide bonds. The summed E-state index contributed by atoms with van der Waals surface area (Å²) < 4.78 is 0. The van der Waals surface area contributed by atoms with Crippen molar-refractivity contribution in [2.24, 2.45) is 0 Å². The Morgan fingerprint density at radius 3 is 2.34 bits per heavy atom. The highest BCUT2D eigenvalue weighted by atomic mass is 16.3. The molecule has 1 heterocycles. The number of rotatable bonds is 4. The number of hydrogen-bond donors (Lipinski definition) is 2. The molecule has 0 bridgehead atoms. The summed E-state index contributed by atoms with van der Waals surface area (Å²) >= 11 is 0. The van der Waals surface area contributed by atoms with Crippen LogP contribution in [0, 0.1) is 6.92 Å². The zero-order chi connectivity index (χ0) is 20.4. The number of benzene rings is 3. The molecule has 4 heteroatoms. The maximum Gasteiger partial charge on any atom is 0.258 e. The SMILES string of the molecule is Cc1ccc(C(=O)N2c3ccccc3[C@H](NCc3ccccc3)[C@H](O)[C@@H]2C)cc1. The number of anilines is 1. The molecule has 3 aromatic carbocycles. The van der Waals surface area contributed by atoms with Gasteiger partial charge in [-0.1, -0.05) is 66.2 Å². The van der Waals surface area contributed by atoms with Gasteiger partial charge in [0.2, 0.25) is 0 Å². The van der Waals surface area contributed by atoms with Crippen LogP contribution in [0.2, 0.25) is 0 Å². The molecule has 29 heavy (non-hydrogen) atoms. The molecule has 0 saturated carbocycles. The zero-order valence-corrected chi connectivity index (χ0v) is 16.7. The van der Waals surface area contributed by atoms with Crippen molar-refractivity contribution in [1.82, 2.24) is 5.32 Å². The van der Waals surface area contributed by atoms with E-state index >= 15 is 0 Å². The lowest BCUT2D eigenvalue weighted by Gasteiger charge is -2.43. The molecule has 4 rings (SSSR count). The number of carbonyl (C=O) groups excluding carboxylic acids is 1. The molecule has 1 aliphatic heterocycles. The third-order valence-electron chi connectivity index (χ3n) is 5.66. The molecular weight excluding hydrogens is 360 g/mol. The van der Waals surface area contributed by atoms with Gasteiger partial charge in [-0.3, -0.25) is 4.79 Å². The van der Waals surface area contributed by atoms with Crippen molar-refractivity contribution in [3.05, 3.63) is 101 Å². The lowest BCUT2D eigenvalue weighted by atomic mass is 9.88. The van der Waals surface area contributed by atoms with Crippen molar-refractivity contribution >= 4 is 11.6 Å². The van der Waals surface area contributed by atoms with Gasteiger partial charge >= 0.3 is 0 Å². The van der Waals surface area contributed by atoms with Gasteiger partial charge in [-0.05, 0) is 43.2 Å². The van der Waals surface area contributed by atoms with E-state index in [1.807, 2.05) is 80.6 Å². The fraction of sp³-hybridized carbons (Fsp3) is 0.240. The summed E-state index contributed by atoms with van der Waals surface area (Å²) in [5.74, 6) is -0.0921. The van der Waals surface area contributed by atoms with E-state index in [4.69, 9.17) is 0 Å². The van der Waals surface area contributed by atoms with Crippen LogP contribution in [0.1, 0.15) is 40.0 Å². The number of nitrogens with one attached hydrogen (secondary N) is 1. The minimum Gasteiger partial charge on any atom is -0.389 e. The van der Waals surface area contributed by atoms with Gasteiger partial charge in [0, 0.05) is 17.8 Å². The number of amides is 1. The van der Waals surface area contributed by atoms with E-state index in [-0.39, 0.29) is 18.0 Å². The summed E-state index contributed by atoms with van der Waals surface area (Å²) in [4.78, 5) is 15.0. The Labute approximate surface area is 171 Å². The lowest BCUT2D eigenvalue weighted by molar-refractivity contribution is 0.0788. The molecule has 2 N–H and O–H groups in total. The highest BCUT2D eigenvalue weighted by molar-refractivity contribution is 6.07. The molecule has 0 unspecified atom stereocenters. The Bertz CT molecular complexity index is 985. The predicted octanol–water partition coefficient (Wildman–Crippen LogP) is 4.24. The second-order valence-corrected chi connectivity index (χ2v) is 7.68. The molecule has 0 saturated heterocycles. The minimum absolute atomic E-state index is 0.0921. The van der Waals surface area contributed by atoms with Crippen molar-refractivity contribution in [2.45, 2.75) is 38.6 Å². The highest BCUT2D eigenvalue weighted by Gasteiger charge is 2.40. The lowest BCUT2D eigenvalue weighted by Crippen LogP contribution is -2.54. The van der Waals surface area contributed by atoms with Gasteiger partial charge in [0.15, 0.2) is 0 Å². The number of aryl methyl sites for hydroxylation is 1. The monoisotopic (exact) mass is 386 g/mol. The molecule has 0 radical (unpaired) electrons. The van der Waals surface area contributed by atoms with E-state index < -0.39 is 6.10 Å². The van der Waals surface area contributed by atoms with E-state index in [1.165, 1.54) is 0 Å². The quantitative estimate of drug-likeness (QED) is 0.705. The Morgan fingerprint density at radius 2 is 1.62 bits per heavy atom. The summed E-state index contributed by atoms with van der Waals surface area (Å²) in [5.41, 5.74) is 4.68. The molecule has 0 fully saturated rings. The van der Waals surface area contributed by atoms with Gasteiger partial charge < -0.3 is 15.3 Å². The zero-order valence-electron chi connectivity index (χ0n) is 16.7. The minimum atomic E-state index is -0.719. The maximum atomic E-state index is 13.3. The Kier molecular flexibility index (Phi) is 5.47. The normalized spacial score (nSPS) is 20.9. The Morgan fingerprint density at radius 1 is 0.966 bits per heavy atom. The molecular formula is C25H26N2O2. The number of para-hydroxylation sites is 1. The second kappa shape index (κ2) is 8.19. The largest absolute Gasteiger partial charge is 0.389 e. The van der Waals surface area contributed by atoms with Crippen LogP contribution in [0.3, 0.4) is 0 Å². The smallest absolute Gasteiger partial charge is 0.258 e. The third kappa shape index (κ3) is 3.82. The van der Waals surface area contributed by atoms with Crippen molar-refractivity contribution < 1.29 is 9.90 Å². The van der Waals surface area contributed by atoms with Gasteiger partial charge in [-0.2, -0.15) is 0 Å². The standard InChI is InChI=1S/C25H26N2O2/c1-17-12-14-20(15-13-17)25(29)27-18(2)24(28)23(21-10-6-7-11-22(21)27)26-16-19-8-4-3-5-9-19/h3-15,18,23-24,26,28H,16H2,1-2H3/t18-,23-,24+/m0/s1. The summed E-state index contributed by atoms with van der Waals surface area (Å²) in [7, 11) is 0. The number of aliphatic hydroxyl groups is 1. The topological polar surface area (TPSA) is 52.6 Å². The first-order valence-corrected chi connectivity index (χ1v) is 10.0. The van der Waals surface area contributed by atoms with E-state index in [1.54, 1.807) is 4.90 Å². The summed E-state index contributed by atoms with van der Waals surface area (Å²) in [6.45, 7) is 4.55. The summed E-state index contributed by atoms with van der Waals surface area (Å²) in [5, 5.41) is 14.6. The number of fused-ring (bicyclic) bond motifs is 1. The average Bonchev–Trinajstić information content (AvgIpc) is 2.75. The maximum absolute atomic E-state index is 13.3. The van der Waals surface area contributed by atoms with Crippen LogP contribution < -0.4 is 10.2 Å². The van der Waals surface area contributed by atoms with E-state index in [0.29, 0.717) is 12.1 Å². The highest BCUT2D eigenvalue weighted by Crippen LogP contribution is 2.38. The molecule has 3 atom stereocenters. The molecule has 4 nitrogen and oxygen atoms in total. The van der Waals surface area contributed by atoms with Crippen LogP contribution >= 0.6 is 0 Å². The van der Waals surface area contributed by atoms with Crippen LogP contribution in [0.15, 0.2) is 78.9 Å². The van der Waals surface area contributed by atoms with Gasteiger partial charge in [-0.25, -0.2) is 0 Å². The van der Waals surface area contributed by atoms with Crippen molar-refractivity contribution in [2.75, 3.05) is 4.90 Å². The van der Waals surface area contributed by atoms with E-state index in [9.17, 15) is 9.90 Å². The van der Waals surface area contributed by atoms with E-state index in [2.05, 4.69) is 17.4 Å². The number of hydrogen-bond acceptors (Lipinski definition) is 3. The molecule has 0 aromatic heterocycles. The van der Waals surface area contributed by atoms with Crippen molar-refractivity contribution in [1.29, 1.82) is 0 Å². The second-order valence-electron chi connectivity index (χ2n) is 7.68. The average molecular weight is 386 g/mol. The molecule has 0 spiro atoms. The van der Waals surface area contributed by atoms with Crippen LogP contribution in [-0.4, -0.2) is 23.2 Å². The Balaban J connectivity index is 1.66. The van der Waals surface area contributed by atoms with E-state index in [0.717, 1.165) is 22.4 Å². The van der Waals surface area contributed by atoms with Gasteiger partial charge in [0.25, 0.3) is 5.91 Å². The fourth-order valence-corrected chi connectivity index (χ4v) is 3.99. The molecule has 0 aliphatic carbocycles. The van der Waals surface area contributed by atoms with Gasteiger partial charge in [0.1, 0.15) is 0 Å². The fourth-order valence-electron chi connectivity index (χ4n) is 3.99. The van der Waals surface area contributed by atoms with Crippen LogP contribution in [0.25, 0.3) is 0 Å². The number of carbonyl (C=O) groups is 1. The molecule has 1 aliphatic rings. The predicted molar refractivity (Wildman–Crippen MR) is 116 cm³/mol. The van der Waals surface area contributed by atoms with Crippen molar-refractivity contribution in [3.63, 3.8) is 0 Å². The number of aliphatic hydroxyl groups excluding tert-OH is 1. The van der Waals surface area contributed by atoms with Gasteiger partial charge in [0.05, 0.1) is 18.2 Å². The first-order chi connectivity index (χ1) is 14.1. The summed E-state index contributed by atoms with van der Waals surface area (Å²) in [6, 6.07) is 24.9. The van der Waals surface area contributed by atoms with Crippen LogP contribution in [0.5, 0.6) is 0 Å². The number of nitrogens with zero attached hydrogens (tertiary/aromatic N) is 1. The first kappa shape index (κ1) is 19.4. The van der Waals surface area contributed by atoms with Crippen LogP contribution in [-0.2, 0) is 6.54 Å².